The van der Waals surface area contributed by atoms with Crippen molar-refractivity contribution >= 4 is 21.9 Å². The number of aromatic hydroxyl groups is 1. The van der Waals surface area contributed by atoms with Crippen LogP contribution in [0.25, 0.3) is 11.1 Å². The molecule has 232 valence electrons. The van der Waals surface area contributed by atoms with Crippen molar-refractivity contribution in [1.29, 1.82) is 0 Å². The summed E-state index contributed by atoms with van der Waals surface area (Å²) in [6.07, 6.45) is -1.09. The molecule has 0 saturated carbocycles. The van der Waals surface area contributed by atoms with Gasteiger partial charge in [-0.05, 0) is 57.6 Å². The summed E-state index contributed by atoms with van der Waals surface area (Å²) in [5.41, 5.74) is 5.18. The van der Waals surface area contributed by atoms with Crippen molar-refractivity contribution in [3.63, 3.8) is 0 Å². The number of rotatable bonds is 10. The Kier molecular flexibility index (Phi) is 8.85. The van der Waals surface area contributed by atoms with Crippen LogP contribution in [0.5, 0.6) is 5.75 Å². The van der Waals surface area contributed by atoms with E-state index >= 15 is 0 Å². The fourth-order valence-electron chi connectivity index (χ4n) is 5.71. The topological polar surface area (TPSA) is 119 Å². The van der Waals surface area contributed by atoms with E-state index in [4.69, 9.17) is 9.47 Å². The van der Waals surface area contributed by atoms with E-state index in [9.17, 15) is 23.1 Å². The molecule has 0 bridgehead atoms. The maximum atomic E-state index is 13.6. The normalized spacial score (nSPS) is 12.9. The molecule has 0 aliphatic heterocycles. The van der Waals surface area contributed by atoms with E-state index in [2.05, 4.69) is 5.32 Å². The number of carbonyl (C=O) groups is 2. The molecule has 0 unspecified atom stereocenters. The Morgan fingerprint density at radius 2 is 1.33 bits per heavy atom. The minimum atomic E-state index is -4.08. The Hall–Kier alpha value is -5.41. The van der Waals surface area contributed by atoms with Gasteiger partial charge < -0.3 is 19.9 Å². The number of phenols is 1. The molecule has 0 radical (unpaired) electrons. The van der Waals surface area contributed by atoms with Gasteiger partial charge in [0.15, 0.2) is 0 Å². The summed E-state index contributed by atoms with van der Waals surface area (Å²) < 4.78 is 38.5. The predicted octanol–water partition coefficient (Wildman–Crippen LogP) is 6.42. The van der Waals surface area contributed by atoms with Gasteiger partial charge in [0.2, 0.25) is 9.84 Å². The summed E-state index contributed by atoms with van der Waals surface area (Å²) in [7, 11) is -4.08. The minimum absolute atomic E-state index is 0.0227. The number of esters is 1. The van der Waals surface area contributed by atoms with Crippen LogP contribution in [-0.4, -0.2) is 38.2 Å². The number of alkyl carbamates (subject to hydrolysis) is 1. The first kappa shape index (κ1) is 30.6. The number of benzene rings is 5. The number of phenolic OH excluding ortho intramolecular Hbond substituents is 1. The molecule has 0 saturated heterocycles. The van der Waals surface area contributed by atoms with E-state index in [1.165, 1.54) is 24.3 Å². The largest absolute Gasteiger partial charge is 0.508 e. The molecule has 1 amide bonds. The number of fused-ring (bicyclic) bond motifs is 3. The first-order valence-electron chi connectivity index (χ1n) is 14.8. The van der Waals surface area contributed by atoms with Gasteiger partial charge >= 0.3 is 12.1 Å². The van der Waals surface area contributed by atoms with Gasteiger partial charge in [-0.3, -0.25) is 0 Å². The first-order chi connectivity index (χ1) is 22.3. The number of hydrogen-bond acceptors (Lipinski definition) is 7. The Labute approximate surface area is 267 Å². The molecule has 1 aliphatic carbocycles. The van der Waals surface area contributed by atoms with E-state index in [0.29, 0.717) is 0 Å². The minimum Gasteiger partial charge on any atom is -0.508 e. The Morgan fingerprint density at radius 1 is 0.739 bits per heavy atom. The zero-order chi connectivity index (χ0) is 32.1. The highest BCUT2D eigenvalue weighted by molar-refractivity contribution is 7.91. The zero-order valence-electron chi connectivity index (χ0n) is 24.7. The van der Waals surface area contributed by atoms with Crippen LogP contribution in [0.3, 0.4) is 0 Å². The fraction of sp³-hybridized carbons (Fsp3) is 0.135. The number of ether oxygens (including phenoxy) is 2. The summed E-state index contributed by atoms with van der Waals surface area (Å²) >= 11 is 0. The van der Waals surface area contributed by atoms with Crippen molar-refractivity contribution in [2.45, 2.75) is 34.8 Å². The lowest BCUT2D eigenvalue weighted by Gasteiger charge is -2.21. The molecule has 6 rings (SSSR count). The third-order valence-electron chi connectivity index (χ3n) is 7.96. The Balaban J connectivity index is 1.24. The fourth-order valence-corrected chi connectivity index (χ4v) is 7.26. The highest BCUT2D eigenvalue weighted by Gasteiger charge is 2.31. The summed E-state index contributed by atoms with van der Waals surface area (Å²) in [6.45, 7) is -0.0220. The highest BCUT2D eigenvalue weighted by Crippen LogP contribution is 2.44. The van der Waals surface area contributed by atoms with Gasteiger partial charge in [-0.25, -0.2) is 18.0 Å². The highest BCUT2D eigenvalue weighted by atomic mass is 32.2. The lowest BCUT2D eigenvalue weighted by atomic mass is 9.98. The summed E-state index contributed by atoms with van der Waals surface area (Å²) in [4.78, 5) is 26.5. The molecule has 9 heteroatoms. The molecule has 0 heterocycles. The third-order valence-corrected chi connectivity index (χ3v) is 9.81. The number of sulfone groups is 1. The van der Waals surface area contributed by atoms with Crippen LogP contribution in [0.1, 0.15) is 28.2 Å². The van der Waals surface area contributed by atoms with Crippen LogP contribution < -0.4 is 5.32 Å². The zero-order valence-corrected chi connectivity index (χ0v) is 25.5. The molecular formula is C37H31NO7S. The predicted molar refractivity (Wildman–Crippen MR) is 172 cm³/mol. The molecule has 5 aromatic carbocycles. The standard InChI is InChI=1S/C37H31NO7S/c39-27-20-19-26(35(22-27)46(42,43)28-13-5-2-6-14-28)21-34(36(40)44-23-25-11-3-1-4-12-25)38-37(41)45-24-33-31-17-9-7-15-29(31)30-16-8-10-18-32(30)33/h1-20,22,33-34,39H,21,23-24H2,(H,38,41)/t34-/m0/s1. The van der Waals surface area contributed by atoms with Gasteiger partial charge in [-0.15, -0.1) is 0 Å². The second-order valence-electron chi connectivity index (χ2n) is 10.9. The van der Waals surface area contributed by atoms with Crippen molar-refractivity contribution in [2.75, 3.05) is 6.61 Å². The lowest BCUT2D eigenvalue weighted by Crippen LogP contribution is -2.44. The van der Waals surface area contributed by atoms with Crippen LogP contribution in [-0.2, 0) is 37.1 Å². The van der Waals surface area contributed by atoms with Gasteiger partial charge in [0.05, 0.1) is 9.79 Å². The summed E-state index contributed by atoms with van der Waals surface area (Å²) in [5, 5.41) is 12.8. The average molecular weight is 634 g/mol. The molecule has 5 aromatic rings. The van der Waals surface area contributed by atoms with Crippen molar-refractivity contribution in [2.24, 2.45) is 0 Å². The molecule has 1 aliphatic rings. The molecule has 1 atom stereocenters. The second-order valence-corrected chi connectivity index (χ2v) is 12.8. The van der Waals surface area contributed by atoms with Crippen molar-refractivity contribution in [3.8, 4) is 16.9 Å². The third kappa shape index (κ3) is 6.50. The van der Waals surface area contributed by atoms with Crippen LogP contribution >= 0.6 is 0 Å². The van der Waals surface area contributed by atoms with E-state index in [1.807, 2.05) is 66.7 Å². The molecule has 8 nitrogen and oxygen atoms in total. The van der Waals surface area contributed by atoms with Gasteiger partial charge in [-0.1, -0.05) is 103 Å². The van der Waals surface area contributed by atoms with Crippen LogP contribution in [0, 0.1) is 0 Å². The molecule has 2 N–H and O–H groups in total. The van der Waals surface area contributed by atoms with Gasteiger partial charge in [0, 0.05) is 12.3 Å². The summed E-state index contributed by atoms with van der Waals surface area (Å²) in [5.74, 6) is -1.22. The quantitative estimate of drug-likeness (QED) is 0.170. The Bertz CT molecular complexity index is 1930. The number of hydrogen-bond donors (Lipinski definition) is 2. The molecule has 0 aromatic heterocycles. The number of nitrogens with one attached hydrogen (secondary N) is 1. The van der Waals surface area contributed by atoms with Gasteiger partial charge in [0.1, 0.15) is 25.0 Å². The SMILES string of the molecule is O=C(N[C@@H](Cc1ccc(O)cc1S(=O)(=O)c1ccccc1)C(=O)OCc1ccccc1)OCC1c2ccccc2-c2ccccc21. The molecular weight excluding hydrogens is 602 g/mol. The maximum absolute atomic E-state index is 13.6. The van der Waals surface area contributed by atoms with Crippen LogP contribution in [0.4, 0.5) is 4.79 Å². The van der Waals surface area contributed by atoms with Crippen molar-refractivity contribution in [1.82, 2.24) is 5.32 Å². The average Bonchev–Trinajstić information content (AvgIpc) is 3.41. The molecule has 0 fully saturated rings. The van der Waals surface area contributed by atoms with E-state index < -0.39 is 27.9 Å². The maximum Gasteiger partial charge on any atom is 0.407 e. The summed E-state index contributed by atoms with van der Waals surface area (Å²) in [6, 6.07) is 35.3. The van der Waals surface area contributed by atoms with E-state index in [1.54, 1.807) is 30.3 Å². The van der Waals surface area contributed by atoms with Gasteiger partial charge in [-0.2, -0.15) is 0 Å². The lowest BCUT2D eigenvalue weighted by molar-refractivity contribution is -0.147. The smallest absolute Gasteiger partial charge is 0.407 e. The first-order valence-corrected chi connectivity index (χ1v) is 16.2. The second kappa shape index (κ2) is 13.3. The van der Waals surface area contributed by atoms with Crippen molar-refractivity contribution in [3.05, 3.63) is 150 Å². The van der Waals surface area contributed by atoms with Crippen LogP contribution in [0.15, 0.2) is 137 Å². The number of amides is 1. The van der Waals surface area contributed by atoms with Gasteiger partial charge in [0.25, 0.3) is 0 Å². The van der Waals surface area contributed by atoms with E-state index in [0.717, 1.165) is 33.9 Å². The molecule has 46 heavy (non-hydrogen) atoms. The number of carbonyl (C=O) groups excluding carboxylic acids is 2. The van der Waals surface area contributed by atoms with Crippen LogP contribution in [0.2, 0.25) is 0 Å². The Morgan fingerprint density at radius 3 is 1.98 bits per heavy atom. The van der Waals surface area contributed by atoms with Crippen molar-refractivity contribution < 1.29 is 32.6 Å². The van der Waals surface area contributed by atoms with E-state index in [-0.39, 0.29) is 46.7 Å². The monoisotopic (exact) mass is 633 g/mol. The molecule has 0 spiro atoms.